The average molecular weight is 295 g/mol. The lowest BCUT2D eigenvalue weighted by Gasteiger charge is -2.42. The molecule has 0 spiro atoms. The van der Waals surface area contributed by atoms with Crippen LogP contribution in [0.15, 0.2) is 11.6 Å². The predicted molar refractivity (Wildman–Crippen MR) is 74.8 cm³/mol. The van der Waals surface area contributed by atoms with Crippen LogP contribution in [0.25, 0.3) is 0 Å². The number of amides is 1. The highest BCUT2D eigenvalue weighted by Gasteiger charge is 2.53. The Morgan fingerprint density at radius 2 is 1.95 bits per heavy atom. The third kappa shape index (κ3) is 2.06. The van der Waals surface area contributed by atoms with Crippen LogP contribution in [0, 0.1) is 5.41 Å². The van der Waals surface area contributed by atoms with Crippen molar-refractivity contribution in [2.24, 2.45) is 5.41 Å². The minimum Gasteiger partial charge on any atom is -0.480 e. The maximum Gasteiger partial charge on any atom is 0.319 e. The van der Waals surface area contributed by atoms with Gasteiger partial charge in [-0.1, -0.05) is 6.42 Å². The summed E-state index contributed by atoms with van der Waals surface area (Å²) in [6.07, 6.45) is 3.56. The van der Waals surface area contributed by atoms with Crippen LogP contribution in [0.2, 0.25) is 0 Å². The molecular weight excluding hydrogens is 278 g/mol. The highest BCUT2D eigenvalue weighted by atomic mass is 32.1. The van der Waals surface area contributed by atoms with E-state index in [4.69, 9.17) is 0 Å². The van der Waals surface area contributed by atoms with E-state index in [1.807, 2.05) is 5.38 Å². The van der Waals surface area contributed by atoms with Gasteiger partial charge in [-0.15, -0.1) is 11.3 Å². The Morgan fingerprint density at radius 1 is 1.25 bits per heavy atom. The summed E-state index contributed by atoms with van der Waals surface area (Å²) in [4.78, 5) is 31.9. The Kier molecular flexibility index (Phi) is 3.37. The Bertz CT molecular complexity index is 505. The number of carbonyl (C=O) groups is 2. The smallest absolute Gasteiger partial charge is 0.319 e. The van der Waals surface area contributed by atoms with E-state index in [1.54, 1.807) is 22.4 Å². The van der Waals surface area contributed by atoms with Crippen LogP contribution in [0.5, 0.6) is 0 Å². The van der Waals surface area contributed by atoms with Crippen molar-refractivity contribution in [2.45, 2.75) is 19.3 Å². The maximum atomic E-state index is 12.5. The molecule has 1 saturated carbocycles. The first-order chi connectivity index (χ1) is 9.63. The van der Waals surface area contributed by atoms with Crippen LogP contribution in [0.4, 0.5) is 5.13 Å². The van der Waals surface area contributed by atoms with Gasteiger partial charge in [0.2, 0.25) is 5.91 Å². The summed E-state index contributed by atoms with van der Waals surface area (Å²) in [5.41, 5.74) is -1.14. The molecule has 1 aromatic heterocycles. The minimum atomic E-state index is -1.14. The zero-order valence-electron chi connectivity index (χ0n) is 11.1. The molecule has 0 atom stereocenters. The first-order valence-corrected chi connectivity index (χ1v) is 7.69. The van der Waals surface area contributed by atoms with Crippen molar-refractivity contribution in [3.63, 3.8) is 0 Å². The summed E-state index contributed by atoms with van der Waals surface area (Å²) in [6, 6.07) is 0. The largest absolute Gasteiger partial charge is 0.480 e. The summed E-state index contributed by atoms with van der Waals surface area (Å²) in [6.45, 7) is 2.59. The number of nitrogens with zero attached hydrogens (tertiary/aromatic N) is 3. The molecule has 1 N–H and O–H groups in total. The lowest BCUT2D eigenvalue weighted by atomic mass is 9.67. The van der Waals surface area contributed by atoms with E-state index in [0.717, 1.165) is 24.6 Å². The van der Waals surface area contributed by atoms with Gasteiger partial charge >= 0.3 is 5.97 Å². The fourth-order valence-electron chi connectivity index (χ4n) is 2.83. The number of thiazole rings is 1. The molecule has 0 unspecified atom stereocenters. The summed E-state index contributed by atoms with van der Waals surface area (Å²) in [5.74, 6) is -1.16. The maximum absolute atomic E-state index is 12.5. The normalized spacial score (nSPS) is 21.4. The Hall–Kier alpha value is -1.63. The Morgan fingerprint density at radius 3 is 2.40 bits per heavy atom. The molecule has 7 heteroatoms. The number of hydrogen-bond acceptors (Lipinski definition) is 5. The lowest BCUT2D eigenvalue weighted by molar-refractivity contribution is -0.167. The fourth-order valence-corrected chi connectivity index (χ4v) is 3.52. The minimum absolute atomic E-state index is 0.199. The molecule has 1 saturated heterocycles. The van der Waals surface area contributed by atoms with Crippen LogP contribution in [-0.4, -0.2) is 53.0 Å². The molecule has 2 aliphatic rings. The van der Waals surface area contributed by atoms with Crippen molar-refractivity contribution in [2.75, 3.05) is 31.1 Å². The first-order valence-electron chi connectivity index (χ1n) is 6.81. The summed E-state index contributed by atoms with van der Waals surface area (Å²) >= 11 is 1.58. The van der Waals surface area contributed by atoms with Gasteiger partial charge in [-0.05, 0) is 12.8 Å². The van der Waals surface area contributed by atoms with E-state index >= 15 is 0 Å². The van der Waals surface area contributed by atoms with Crippen molar-refractivity contribution in [3.8, 4) is 0 Å². The van der Waals surface area contributed by atoms with Crippen molar-refractivity contribution in [1.29, 1.82) is 0 Å². The van der Waals surface area contributed by atoms with E-state index in [1.165, 1.54) is 0 Å². The lowest BCUT2D eigenvalue weighted by Crippen LogP contribution is -2.57. The molecule has 108 valence electrons. The van der Waals surface area contributed by atoms with Crippen molar-refractivity contribution < 1.29 is 14.7 Å². The second-order valence-corrected chi connectivity index (χ2v) is 6.21. The molecule has 2 fully saturated rings. The van der Waals surface area contributed by atoms with Gasteiger partial charge in [0.1, 0.15) is 5.41 Å². The standard InChI is InChI=1S/C13H17N3O3S/c17-10(13(11(18)19)2-1-3-13)15-5-7-16(8-6-15)12-14-4-9-20-12/h4,9H,1-3,5-8H2,(H,18,19). The van der Waals surface area contributed by atoms with Gasteiger partial charge in [-0.2, -0.15) is 0 Å². The van der Waals surface area contributed by atoms with E-state index in [2.05, 4.69) is 9.88 Å². The molecule has 0 bridgehead atoms. The third-order valence-electron chi connectivity index (χ3n) is 4.28. The SMILES string of the molecule is O=C(O)C1(C(=O)N2CCN(c3nccs3)CC2)CCC1. The van der Waals surface area contributed by atoms with Gasteiger partial charge in [-0.25, -0.2) is 4.98 Å². The number of aliphatic carboxylic acids is 1. The van der Waals surface area contributed by atoms with Gasteiger partial charge < -0.3 is 14.9 Å². The van der Waals surface area contributed by atoms with Gasteiger partial charge in [0, 0.05) is 37.8 Å². The van der Waals surface area contributed by atoms with Crippen molar-refractivity contribution >= 4 is 28.3 Å². The van der Waals surface area contributed by atoms with E-state index < -0.39 is 11.4 Å². The summed E-state index contributed by atoms with van der Waals surface area (Å²) in [7, 11) is 0. The van der Waals surface area contributed by atoms with Gasteiger partial charge in [0.05, 0.1) is 0 Å². The number of piperazine rings is 1. The molecule has 20 heavy (non-hydrogen) atoms. The molecule has 3 rings (SSSR count). The number of carboxylic acids is 1. The molecule has 1 aliphatic heterocycles. The second kappa shape index (κ2) is 5.05. The summed E-state index contributed by atoms with van der Waals surface area (Å²) < 4.78 is 0. The Balaban J connectivity index is 1.63. The molecule has 1 aromatic rings. The fraction of sp³-hybridized carbons (Fsp3) is 0.615. The van der Waals surface area contributed by atoms with Crippen LogP contribution in [0.1, 0.15) is 19.3 Å². The molecule has 0 aromatic carbocycles. The van der Waals surface area contributed by atoms with Gasteiger partial charge in [0.15, 0.2) is 5.13 Å². The van der Waals surface area contributed by atoms with Gasteiger partial charge in [-0.3, -0.25) is 9.59 Å². The van der Waals surface area contributed by atoms with Crippen LogP contribution in [0.3, 0.4) is 0 Å². The van der Waals surface area contributed by atoms with Crippen LogP contribution in [-0.2, 0) is 9.59 Å². The highest BCUT2D eigenvalue weighted by Crippen LogP contribution is 2.43. The number of hydrogen-bond donors (Lipinski definition) is 1. The van der Waals surface area contributed by atoms with Crippen molar-refractivity contribution in [1.82, 2.24) is 9.88 Å². The number of carboxylic acid groups (broad SMARTS) is 1. The molecule has 6 nitrogen and oxygen atoms in total. The predicted octanol–water partition coefficient (Wildman–Crippen LogP) is 1.05. The molecule has 1 aliphatic carbocycles. The monoisotopic (exact) mass is 295 g/mol. The van der Waals surface area contributed by atoms with Gasteiger partial charge in [0.25, 0.3) is 0 Å². The van der Waals surface area contributed by atoms with Crippen LogP contribution >= 0.6 is 11.3 Å². The second-order valence-electron chi connectivity index (χ2n) is 5.33. The molecule has 1 amide bonds. The quantitative estimate of drug-likeness (QED) is 0.844. The van der Waals surface area contributed by atoms with Crippen LogP contribution < -0.4 is 4.90 Å². The number of aromatic nitrogens is 1. The number of rotatable bonds is 3. The third-order valence-corrected chi connectivity index (χ3v) is 5.11. The topological polar surface area (TPSA) is 73.7 Å². The van der Waals surface area contributed by atoms with E-state index in [-0.39, 0.29) is 5.91 Å². The Labute approximate surface area is 121 Å². The number of anilines is 1. The molecule has 2 heterocycles. The van der Waals surface area contributed by atoms with E-state index in [0.29, 0.717) is 25.9 Å². The molecular formula is C13H17N3O3S. The van der Waals surface area contributed by atoms with E-state index in [9.17, 15) is 14.7 Å². The average Bonchev–Trinajstić information content (AvgIpc) is 2.91. The first kappa shape index (κ1) is 13.4. The highest BCUT2D eigenvalue weighted by molar-refractivity contribution is 7.13. The summed E-state index contributed by atoms with van der Waals surface area (Å²) in [5, 5.41) is 12.2. The zero-order valence-corrected chi connectivity index (χ0v) is 11.9. The zero-order chi connectivity index (χ0) is 14.2. The number of carbonyl (C=O) groups excluding carboxylic acids is 1. The molecule has 0 radical (unpaired) electrons. The van der Waals surface area contributed by atoms with Crippen molar-refractivity contribution in [3.05, 3.63) is 11.6 Å².